The molecule has 3 heteroatoms. The summed E-state index contributed by atoms with van der Waals surface area (Å²) in [7, 11) is 0. The molecule has 0 N–H and O–H groups in total. The first-order chi connectivity index (χ1) is 16.2. The van der Waals surface area contributed by atoms with Gasteiger partial charge < -0.3 is 0 Å². The van der Waals surface area contributed by atoms with E-state index >= 15 is 0 Å². The molecule has 0 spiro atoms. The average Bonchev–Trinajstić information content (AvgIpc) is 3.32. The highest BCUT2D eigenvalue weighted by molar-refractivity contribution is 6.03. The number of benzene rings is 4. The van der Waals surface area contributed by atoms with Crippen molar-refractivity contribution in [2.75, 3.05) is 5.01 Å². The molecule has 1 unspecified atom stereocenters. The normalized spacial score (nSPS) is 15.8. The van der Waals surface area contributed by atoms with Gasteiger partial charge in [-0.3, -0.25) is 10.0 Å². The molecule has 1 aliphatic rings. The highest BCUT2D eigenvalue weighted by Crippen LogP contribution is 2.36. The maximum absolute atomic E-state index is 5.04. The number of rotatable bonds is 5. The van der Waals surface area contributed by atoms with Gasteiger partial charge in [-0.15, -0.1) is 0 Å². The van der Waals surface area contributed by atoms with Crippen LogP contribution in [0.1, 0.15) is 40.3 Å². The van der Waals surface area contributed by atoms with Crippen LogP contribution < -0.4 is 5.01 Å². The third-order valence-electron chi connectivity index (χ3n) is 6.21. The van der Waals surface area contributed by atoms with E-state index in [2.05, 4.69) is 121 Å². The second-order valence-corrected chi connectivity index (χ2v) is 8.51. The van der Waals surface area contributed by atoms with Crippen molar-refractivity contribution in [1.29, 1.82) is 0 Å². The van der Waals surface area contributed by atoms with Crippen LogP contribution in [0.4, 0.5) is 11.4 Å². The lowest BCUT2D eigenvalue weighted by Crippen LogP contribution is -2.18. The second-order valence-electron chi connectivity index (χ2n) is 8.51. The van der Waals surface area contributed by atoms with E-state index in [4.69, 9.17) is 5.10 Å². The number of aryl methyl sites for hydroxylation is 2. The van der Waals surface area contributed by atoms with Gasteiger partial charge in [0.2, 0.25) is 0 Å². The molecule has 1 aliphatic heterocycles. The van der Waals surface area contributed by atoms with Crippen molar-refractivity contribution in [3.63, 3.8) is 0 Å². The molecule has 0 aromatic heterocycles. The summed E-state index contributed by atoms with van der Waals surface area (Å²) < 4.78 is 0. The van der Waals surface area contributed by atoms with E-state index in [1.54, 1.807) is 0 Å². The zero-order valence-electron chi connectivity index (χ0n) is 19.0. The van der Waals surface area contributed by atoms with Crippen LogP contribution in [0.5, 0.6) is 0 Å². The van der Waals surface area contributed by atoms with E-state index in [-0.39, 0.29) is 6.04 Å². The van der Waals surface area contributed by atoms with Crippen LogP contribution in [0.15, 0.2) is 113 Å². The molecule has 0 radical (unpaired) electrons. The molecule has 0 aliphatic carbocycles. The fourth-order valence-electron chi connectivity index (χ4n) is 4.16. The second kappa shape index (κ2) is 9.25. The Morgan fingerprint density at radius 1 is 0.788 bits per heavy atom. The number of hydrogen-bond acceptors (Lipinski definition) is 3. The van der Waals surface area contributed by atoms with Gasteiger partial charge in [-0.1, -0.05) is 78.9 Å². The summed E-state index contributed by atoms with van der Waals surface area (Å²) in [5.74, 6) is 0. The Bertz CT molecular complexity index is 1290. The van der Waals surface area contributed by atoms with Crippen molar-refractivity contribution in [3.8, 4) is 0 Å². The highest BCUT2D eigenvalue weighted by atomic mass is 15.5. The molecule has 1 atom stereocenters. The van der Waals surface area contributed by atoms with Crippen LogP contribution in [-0.4, -0.2) is 11.9 Å². The van der Waals surface area contributed by atoms with Gasteiger partial charge in [-0.2, -0.15) is 5.10 Å². The van der Waals surface area contributed by atoms with Gasteiger partial charge >= 0.3 is 0 Å². The van der Waals surface area contributed by atoms with Gasteiger partial charge in [0.15, 0.2) is 0 Å². The molecule has 0 saturated heterocycles. The molecule has 0 amide bonds. The summed E-state index contributed by atoms with van der Waals surface area (Å²) in [5, 5.41) is 7.20. The number of anilines is 1. The molecule has 5 rings (SSSR count). The summed E-state index contributed by atoms with van der Waals surface area (Å²) >= 11 is 0. The average molecular weight is 430 g/mol. The van der Waals surface area contributed by atoms with Crippen LogP contribution >= 0.6 is 0 Å². The third kappa shape index (κ3) is 4.63. The first kappa shape index (κ1) is 20.9. The van der Waals surface area contributed by atoms with Gasteiger partial charge in [0, 0.05) is 12.6 Å². The SMILES string of the molecule is Cc1ccc(N=Cc2ccc(N3N=C(c4ccccc4)CC3c3ccccc3)cc2)cc1C. The van der Waals surface area contributed by atoms with Gasteiger partial charge in [-0.25, -0.2) is 0 Å². The molecular weight excluding hydrogens is 402 g/mol. The number of hydrazone groups is 1. The largest absolute Gasteiger partial charge is 0.257 e. The molecular formula is C30H27N3. The smallest absolute Gasteiger partial charge is 0.0831 e. The zero-order chi connectivity index (χ0) is 22.6. The Balaban J connectivity index is 1.42. The number of aliphatic imine (C=N–C) groups is 1. The maximum atomic E-state index is 5.04. The molecule has 4 aromatic rings. The topological polar surface area (TPSA) is 28.0 Å². The van der Waals surface area contributed by atoms with E-state index in [0.717, 1.165) is 29.1 Å². The molecule has 1 heterocycles. The van der Waals surface area contributed by atoms with E-state index in [0.29, 0.717) is 0 Å². The van der Waals surface area contributed by atoms with Crippen LogP contribution in [0, 0.1) is 13.8 Å². The Morgan fingerprint density at radius 2 is 1.48 bits per heavy atom. The standard InChI is InChI=1S/C30H27N3/c1-22-13-16-27(19-23(22)2)31-21-24-14-17-28(18-15-24)33-30(26-11-7-4-8-12-26)20-29(32-33)25-9-5-3-6-10-25/h3-19,21,30H,20H2,1-2H3. The lowest BCUT2D eigenvalue weighted by atomic mass is 9.98. The van der Waals surface area contributed by atoms with Crippen LogP contribution in [0.25, 0.3) is 0 Å². The molecule has 33 heavy (non-hydrogen) atoms. The van der Waals surface area contributed by atoms with Crippen molar-refractivity contribution in [2.45, 2.75) is 26.3 Å². The van der Waals surface area contributed by atoms with Gasteiger partial charge in [0.25, 0.3) is 0 Å². The van der Waals surface area contributed by atoms with E-state index in [1.165, 1.54) is 22.3 Å². The Hall–Kier alpha value is -3.98. The third-order valence-corrected chi connectivity index (χ3v) is 6.21. The van der Waals surface area contributed by atoms with Crippen LogP contribution in [0.3, 0.4) is 0 Å². The molecule has 4 aromatic carbocycles. The molecule has 0 saturated carbocycles. The van der Waals surface area contributed by atoms with Crippen molar-refractivity contribution in [1.82, 2.24) is 0 Å². The number of hydrogen-bond donors (Lipinski definition) is 0. The quantitative estimate of drug-likeness (QED) is 0.304. The van der Waals surface area contributed by atoms with Gasteiger partial charge in [0.05, 0.1) is 23.1 Å². The van der Waals surface area contributed by atoms with Gasteiger partial charge in [0.1, 0.15) is 0 Å². The van der Waals surface area contributed by atoms with E-state index < -0.39 is 0 Å². The first-order valence-electron chi connectivity index (χ1n) is 11.4. The highest BCUT2D eigenvalue weighted by Gasteiger charge is 2.29. The van der Waals surface area contributed by atoms with Crippen LogP contribution in [0.2, 0.25) is 0 Å². The molecule has 3 nitrogen and oxygen atoms in total. The maximum Gasteiger partial charge on any atom is 0.0831 e. The van der Waals surface area contributed by atoms with Crippen molar-refractivity contribution < 1.29 is 0 Å². The lowest BCUT2D eigenvalue weighted by molar-refractivity contribution is 0.709. The van der Waals surface area contributed by atoms with Crippen molar-refractivity contribution >= 4 is 23.3 Å². The Morgan fingerprint density at radius 3 is 2.18 bits per heavy atom. The predicted molar refractivity (Wildman–Crippen MR) is 139 cm³/mol. The minimum absolute atomic E-state index is 0.177. The minimum atomic E-state index is 0.177. The summed E-state index contributed by atoms with van der Waals surface area (Å²) in [4.78, 5) is 4.65. The minimum Gasteiger partial charge on any atom is -0.257 e. The molecule has 0 bridgehead atoms. The van der Waals surface area contributed by atoms with Crippen molar-refractivity contribution in [2.24, 2.45) is 10.1 Å². The summed E-state index contributed by atoms with van der Waals surface area (Å²) in [6.07, 6.45) is 2.80. The first-order valence-corrected chi connectivity index (χ1v) is 11.4. The zero-order valence-corrected chi connectivity index (χ0v) is 19.0. The molecule has 0 fully saturated rings. The van der Waals surface area contributed by atoms with E-state index in [9.17, 15) is 0 Å². The summed E-state index contributed by atoms with van der Waals surface area (Å²) in [5.41, 5.74) is 9.23. The van der Waals surface area contributed by atoms with Crippen molar-refractivity contribution in [3.05, 3.63) is 131 Å². The van der Waals surface area contributed by atoms with Crippen LogP contribution in [-0.2, 0) is 0 Å². The molecule has 162 valence electrons. The predicted octanol–water partition coefficient (Wildman–Crippen LogP) is 7.41. The van der Waals surface area contributed by atoms with Gasteiger partial charge in [-0.05, 0) is 65.9 Å². The fraction of sp³-hybridized carbons (Fsp3) is 0.133. The fourth-order valence-corrected chi connectivity index (χ4v) is 4.16. The summed E-state index contributed by atoms with van der Waals surface area (Å²) in [6, 6.07) is 36.0. The monoisotopic (exact) mass is 429 g/mol. The Labute approximate surface area is 195 Å². The summed E-state index contributed by atoms with van der Waals surface area (Å²) in [6.45, 7) is 4.24. The van der Waals surface area contributed by atoms with E-state index in [1.807, 2.05) is 12.3 Å². The Kier molecular flexibility index (Phi) is 5.86. The number of nitrogens with zero attached hydrogens (tertiary/aromatic N) is 3. The lowest BCUT2D eigenvalue weighted by Gasteiger charge is -2.24.